The third kappa shape index (κ3) is 3.10. The molecule has 2 aromatic heterocycles. The quantitative estimate of drug-likeness (QED) is 0.858. The molecule has 1 aliphatic rings. The highest BCUT2D eigenvalue weighted by molar-refractivity contribution is 7.99. The van der Waals surface area contributed by atoms with Crippen molar-refractivity contribution in [3.63, 3.8) is 0 Å². The summed E-state index contributed by atoms with van der Waals surface area (Å²) in [4.78, 5) is 9.14. The topological polar surface area (TPSA) is 54.2 Å². The molecule has 2 unspecified atom stereocenters. The predicted octanol–water partition coefficient (Wildman–Crippen LogP) is 3.25. The van der Waals surface area contributed by atoms with Gasteiger partial charge in [-0.1, -0.05) is 13.3 Å². The summed E-state index contributed by atoms with van der Waals surface area (Å²) in [5.41, 5.74) is 0.906. The Balaban J connectivity index is 1.86. The van der Waals surface area contributed by atoms with Crippen molar-refractivity contribution in [3.8, 4) is 0 Å². The van der Waals surface area contributed by atoms with Crippen molar-refractivity contribution in [3.05, 3.63) is 18.6 Å². The molecule has 0 aliphatic heterocycles. The first-order chi connectivity index (χ1) is 10.3. The van der Waals surface area contributed by atoms with Crippen molar-refractivity contribution in [2.24, 2.45) is 0 Å². The molecule has 0 spiro atoms. The number of nitrogens with zero attached hydrogens (tertiary/aromatic N) is 3. The summed E-state index contributed by atoms with van der Waals surface area (Å²) in [6, 6.07) is 0.500. The molecule has 3 rings (SSSR count). The van der Waals surface area contributed by atoms with Gasteiger partial charge in [-0.2, -0.15) is 11.8 Å². The second-order valence-corrected chi connectivity index (χ2v) is 6.85. The van der Waals surface area contributed by atoms with Gasteiger partial charge in [0.15, 0.2) is 11.5 Å². The van der Waals surface area contributed by atoms with E-state index in [1.165, 1.54) is 25.0 Å². The zero-order valence-corrected chi connectivity index (χ0v) is 13.5. The Kier molecular flexibility index (Phi) is 4.53. The molecule has 2 N–H and O–H groups in total. The van der Waals surface area contributed by atoms with E-state index in [9.17, 15) is 0 Å². The highest BCUT2D eigenvalue weighted by atomic mass is 32.2. The van der Waals surface area contributed by atoms with Gasteiger partial charge in [-0.3, -0.25) is 0 Å². The molecule has 1 saturated carbocycles. The van der Waals surface area contributed by atoms with Crippen LogP contribution < -0.4 is 10.6 Å². The minimum Gasteiger partial charge on any atom is -0.369 e. The van der Waals surface area contributed by atoms with Crippen LogP contribution in [0.15, 0.2) is 18.6 Å². The maximum absolute atomic E-state index is 4.71. The molecule has 0 radical (unpaired) electrons. The van der Waals surface area contributed by atoms with E-state index in [-0.39, 0.29) is 0 Å². The molecular formula is C15H23N5S. The highest BCUT2D eigenvalue weighted by Crippen LogP contribution is 2.32. The number of aromatic nitrogens is 3. The van der Waals surface area contributed by atoms with E-state index in [2.05, 4.69) is 41.2 Å². The summed E-state index contributed by atoms with van der Waals surface area (Å²) in [6.07, 6.45) is 9.60. The summed E-state index contributed by atoms with van der Waals surface area (Å²) in [5, 5.41) is 7.62. The normalized spacial score (nSPS) is 21.8. The largest absolute Gasteiger partial charge is 0.369 e. The van der Waals surface area contributed by atoms with Gasteiger partial charge in [0, 0.05) is 30.2 Å². The maximum Gasteiger partial charge on any atom is 0.180 e. The summed E-state index contributed by atoms with van der Waals surface area (Å²) in [5.74, 6) is 2.96. The van der Waals surface area contributed by atoms with Crippen LogP contribution in [0.25, 0.3) is 5.65 Å². The van der Waals surface area contributed by atoms with Crippen LogP contribution in [0.5, 0.6) is 0 Å². The predicted molar refractivity (Wildman–Crippen MR) is 90.3 cm³/mol. The van der Waals surface area contributed by atoms with Crippen LogP contribution in [0.3, 0.4) is 0 Å². The third-order valence-corrected chi connectivity index (χ3v) is 5.21. The fraction of sp³-hybridized carbons (Fsp3) is 0.600. The summed E-state index contributed by atoms with van der Waals surface area (Å²) >= 11 is 2.06. The SMILES string of the molecule is CCNc1cn2ccnc2c(NC2CCCC2SCC)n1. The van der Waals surface area contributed by atoms with Crippen molar-refractivity contribution in [1.29, 1.82) is 0 Å². The third-order valence-electron chi connectivity index (χ3n) is 3.89. The molecule has 0 aromatic carbocycles. The van der Waals surface area contributed by atoms with Gasteiger partial charge >= 0.3 is 0 Å². The van der Waals surface area contributed by atoms with Crippen LogP contribution in [0.2, 0.25) is 0 Å². The first kappa shape index (κ1) is 14.5. The molecule has 1 fully saturated rings. The van der Waals surface area contributed by atoms with Gasteiger partial charge in [-0.25, -0.2) is 9.97 Å². The summed E-state index contributed by atoms with van der Waals surface area (Å²) in [7, 11) is 0. The highest BCUT2D eigenvalue weighted by Gasteiger charge is 2.28. The Bertz CT molecular complexity index is 597. The zero-order valence-electron chi connectivity index (χ0n) is 12.7. The van der Waals surface area contributed by atoms with Crippen LogP contribution >= 0.6 is 11.8 Å². The second-order valence-electron chi connectivity index (χ2n) is 5.34. The number of hydrogen-bond acceptors (Lipinski definition) is 5. The van der Waals surface area contributed by atoms with Crippen LogP contribution in [0.4, 0.5) is 11.6 Å². The van der Waals surface area contributed by atoms with Gasteiger partial charge in [0.05, 0.1) is 6.20 Å². The minimum atomic E-state index is 0.500. The van der Waals surface area contributed by atoms with Crippen LogP contribution in [-0.2, 0) is 0 Å². The number of anilines is 2. The van der Waals surface area contributed by atoms with E-state index in [0.717, 1.165) is 23.8 Å². The number of nitrogens with one attached hydrogen (secondary N) is 2. The fourth-order valence-electron chi connectivity index (χ4n) is 2.98. The molecule has 2 atom stereocenters. The first-order valence-corrected chi connectivity index (χ1v) is 8.82. The van der Waals surface area contributed by atoms with E-state index < -0.39 is 0 Å². The number of hydrogen-bond donors (Lipinski definition) is 2. The molecule has 0 bridgehead atoms. The van der Waals surface area contributed by atoms with Gasteiger partial charge in [0.25, 0.3) is 0 Å². The van der Waals surface area contributed by atoms with Crippen molar-refractivity contribution in [2.45, 2.75) is 44.4 Å². The van der Waals surface area contributed by atoms with Gasteiger partial charge in [-0.15, -0.1) is 0 Å². The minimum absolute atomic E-state index is 0.500. The average Bonchev–Trinajstić information content (AvgIpc) is 3.09. The maximum atomic E-state index is 4.71. The van der Waals surface area contributed by atoms with E-state index >= 15 is 0 Å². The smallest absolute Gasteiger partial charge is 0.180 e. The van der Waals surface area contributed by atoms with Crippen LogP contribution in [0, 0.1) is 0 Å². The lowest BCUT2D eigenvalue weighted by Crippen LogP contribution is -2.27. The van der Waals surface area contributed by atoms with E-state index in [4.69, 9.17) is 4.98 Å². The Labute approximate surface area is 129 Å². The molecule has 2 aromatic rings. The lowest BCUT2D eigenvalue weighted by Gasteiger charge is -2.21. The molecule has 6 heteroatoms. The van der Waals surface area contributed by atoms with Crippen LogP contribution in [-0.4, -0.2) is 38.0 Å². The van der Waals surface area contributed by atoms with Gasteiger partial charge < -0.3 is 15.0 Å². The van der Waals surface area contributed by atoms with Gasteiger partial charge in [0.1, 0.15) is 5.82 Å². The molecule has 114 valence electrons. The average molecular weight is 305 g/mol. The monoisotopic (exact) mass is 305 g/mol. The fourth-order valence-corrected chi connectivity index (χ4v) is 4.17. The molecule has 0 amide bonds. The number of imidazole rings is 1. The number of rotatable bonds is 6. The van der Waals surface area contributed by atoms with Gasteiger partial charge in [-0.05, 0) is 25.5 Å². The molecule has 21 heavy (non-hydrogen) atoms. The van der Waals surface area contributed by atoms with Gasteiger partial charge in [0.2, 0.25) is 0 Å². The Morgan fingerprint density at radius 2 is 2.29 bits per heavy atom. The number of thioether (sulfide) groups is 1. The van der Waals surface area contributed by atoms with Crippen molar-refractivity contribution >= 4 is 29.0 Å². The molecule has 0 saturated heterocycles. The van der Waals surface area contributed by atoms with Crippen molar-refractivity contribution in [1.82, 2.24) is 14.4 Å². The van der Waals surface area contributed by atoms with Crippen molar-refractivity contribution < 1.29 is 0 Å². The molecule has 2 heterocycles. The Morgan fingerprint density at radius 1 is 1.38 bits per heavy atom. The van der Waals surface area contributed by atoms with Crippen molar-refractivity contribution in [2.75, 3.05) is 22.9 Å². The molecule has 5 nitrogen and oxygen atoms in total. The van der Waals surface area contributed by atoms with E-state index in [1.807, 2.05) is 23.0 Å². The molecule has 1 aliphatic carbocycles. The van der Waals surface area contributed by atoms with Crippen LogP contribution in [0.1, 0.15) is 33.1 Å². The number of fused-ring (bicyclic) bond motifs is 1. The first-order valence-electron chi connectivity index (χ1n) is 7.77. The van der Waals surface area contributed by atoms with E-state index in [1.54, 1.807) is 0 Å². The summed E-state index contributed by atoms with van der Waals surface area (Å²) < 4.78 is 2.03. The molecular weight excluding hydrogens is 282 g/mol. The lowest BCUT2D eigenvalue weighted by atomic mass is 10.2. The standard InChI is InChI=1S/C15H23N5S/c1-3-16-13-10-20-9-8-17-15(20)14(19-13)18-11-6-5-7-12(11)21-4-2/h8-12,16H,3-7H2,1-2H3,(H,18,19). The zero-order chi connectivity index (χ0) is 14.7. The Morgan fingerprint density at radius 3 is 3.10 bits per heavy atom. The Hall–Kier alpha value is -1.43. The second kappa shape index (κ2) is 6.56. The lowest BCUT2D eigenvalue weighted by molar-refractivity contribution is 0.762. The van der Waals surface area contributed by atoms with E-state index in [0.29, 0.717) is 11.3 Å². The summed E-state index contributed by atoms with van der Waals surface area (Å²) in [6.45, 7) is 5.18.